The Hall–Kier alpha value is -4.53. The summed E-state index contributed by atoms with van der Waals surface area (Å²) >= 11 is 0. The number of ether oxygens (including phenoxy) is 4. The van der Waals surface area contributed by atoms with Crippen LogP contribution in [0.4, 0.5) is 13.2 Å². The molecule has 11 nitrogen and oxygen atoms in total. The van der Waals surface area contributed by atoms with Gasteiger partial charge in [0.1, 0.15) is 24.4 Å². The molecule has 4 unspecified atom stereocenters. The number of fused-ring (bicyclic) bond motifs is 1. The molecule has 4 atom stereocenters. The third kappa shape index (κ3) is 8.91. The number of nitrogens with zero attached hydrogens (tertiary/aromatic N) is 1. The molecule has 0 aromatic heterocycles. The van der Waals surface area contributed by atoms with Crippen LogP contribution in [0.2, 0.25) is 0 Å². The van der Waals surface area contributed by atoms with Crippen molar-refractivity contribution in [1.82, 2.24) is 10.2 Å². The minimum absolute atomic E-state index is 0.0192. The first kappa shape index (κ1) is 37.2. The first-order valence-corrected chi connectivity index (χ1v) is 17.4. The summed E-state index contributed by atoms with van der Waals surface area (Å²) in [6.07, 6.45) is 0.701. The lowest BCUT2D eigenvalue weighted by Crippen LogP contribution is -2.51. The number of hydrogen-bond acceptors (Lipinski definition) is 9. The second kappa shape index (κ2) is 15.6. The van der Waals surface area contributed by atoms with Crippen LogP contribution >= 0.6 is 0 Å². The number of rotatable bonds is 14. The van der Waals surface area contributed by atoms with Crippen LogP contribution in [0.3, 0.4) is 0 Å². The van der Waals surface area contributed by atoms with Crippen molar-refractivity contribution in [3.63, 3.8) is 0 Å². The van der Waals surface area contributed by atoms with Crippen molar-refractivity contribution in [1.29, 1.82) is 0 Å². The lowest BCUT2D eigenvalue weighted by atomic mass is 9.90. The van der Waals surface area contributed by atoms with Gasteiger partial charge in [-0.1, -0.05) is 42.5 Å². The number of halogens is 3. The summed E-state index contributed by atoms with van der Waals surface area (Å²) in [6, 6.07) is 14.3. The van der Waals surface area contributed by atoms with E-state index < -0.39 is 66.7 Å². The predicted octanol–water partition coefficient (Wildman–Crippen LogP) is 4.14. The maximum Gasteiger partial charge on any atom is 0.422 e. The van der Waals surface area contributed by atoms with E-state index in [0.29, 0.717) is 5.56 Å². The van der Waals surface area contributed by atoms with Crippen molar-refractivity contribution in [2.24, 2.45) is 11.8 Å². The minimum atomic E-state index is -4.66. The first-order valence-electron chi connectivity index (χ1n) is 17.4. The van der Waals surface area contributed by atoms with Crippen LogP contribution in [-0.2, 0) is 39.8 Å². The van der Waals surface area contributed by atoms with Crippen LogP contribution < -0.4 is 5.32 Å². The SMILES string of the molecule is CN(C(=O)C1=CC2OC(C3CC3)(C3CC3)OC2C(OC(=O)c2cccc(C=CC(=O)OCC(F)(F)F)c2)C1)C(Cc1ccccc1)C(=O)NCCO. The number of aliphatic hydroxyl groups is 1. The van der Waals surface area contributed by atoms with E-state index >= 15 is 0 Å². The standard InChI is InChI=1S/C38H41F3N2O9/c1-43(29(34(46)42-16-17-44)19-23-6-3-2-4-7-23)35(47)26-20-30(33-31(21-26)51-38(52-33,27-11-12-27)28-13-14-28)50-36(48)25-9-5-8-24(18-25)10-15-32(45)49-22-37(39,40)41/h2-10,15,18,21,27-31,33,44H,11-14,16-17,19-20,22H2,1H3,(H,42,46). The van der Waals surface area contributed by atoms with Crippen LogP contribution in [0.15, 0.2) is 72.3 Å². The summed E-state index contributed by atoms with van der Waals surface area (Å²) in [4.78, 5) is 54.2. The van der Waals surface area contributed by atoms with Gasteiger partial charge in [0.05, 0.1) is 12.2 Å². The molecule has 14 heteroatoms. The molecule has 2 aromatic carbocycles. The van der Waals surface area contributed by atoms with E-state index in [0.717, 1.165) is 37.3 Å². The zero-order chi connectivity index (χ0) is 37.0. The monoisotopic (exact) mass is 726 g/mol. The molecule has 3 aliphatic carbocycles. The van der Waals surface area contributed by atoms with Crippen LogP contribution in [0.25, 0.3) is 6.08 Å². The van der Waals surface area contributed by atoms with Crippen molar-refractivity contribution in [2.75, 3.05) is 26.8 Å². The van der Waals surface area contributed by atoms with Gasteiger partial charge in [-0.25, -0.2) is 9.59 Å². The number of benzene rings is 2. The van der Waals surface area contributed by atoms with Crippen molar-refractivity contribution < 1.29 is 56.4 Å². The van der Waals surface area contributed by atoms with Gasteiger partial charge in [-0.15, -0.1) is 0 Å². The zero-order valence-corrected chi connectivity index (χ0v) is 28.6. The fourth-order valence-corrected chi connectivity index (χ4v) is 6.81. The number of aliphatic hydroxyl groups excluding tert-OH is 1. The molecule has 6 rings (SSSR count). The lowest BCUT2D eigenvalue weighted by molar-refractivity contribution is -0.209. The summed E-state index contributed by atoms with van der Waals surface area (Å²) in [5.74, 6) is -3.30. The van der Waals surface area contributed by atoms with E-state index in [1.807, 2.05) is 30.3 Å². The Bertz CT molecular complexity index is 1690. The molecule has 1 aliphatic heterocycles. The number of esters is 2. The number of amides is 2. The molecule has 0 bridgehead atoms. The molecule has 278 valence electrons. The highest BCUT2D eigenvalue weighted by atomic mass is 19.4. The highest BCUT2D eigenvalue weighted by Crippen LogP contribution is 2.59. The molecule has 0 spiro atoms. The van der Waals surface area contributed by atoms with Crippen LogP contribution in [0.5, 0.6) is 0 Å². The van der Waals surface area contributed by atoms with Crippen molar-refractivity contribution in [3.05, 3.63) is 89.0 Å². The van der Waals surface area contributed by atoms with E-state index in [2.05, 4.69) is 10.1 Å². The van der Waals surface area contributed by atoms with Crippen molar-refractivity contribution in [2.45, 2.75) is 74.8 Å². The quantitative estimate of drug-likeness (QED) is 0.217. The number of alkyl halides is 3. The second-order valence-corrected chi connectivity index (χ2v) is 13.6. The highest BCUT2D eigenvalue weighted by Gasteiger charge is 2.64. The fraction of sp³-hybridized carbons (Fsp3) is 0.474. The summed E-state index contributed by atoms with van der Waals surface area (Å²) in [6.45, 7) is -1.97. The third-order valence-electron chi connectivity index (χ3n) is 9.63. The van der Waals surface area contributed by atoms with Crippen molar-refractivity contribution in [3.8, 4) is 0 Å². The summed E-state index contributed by atoms with van der Waals surface area (Å²) in [5, 5.41) is 12.0. The smallest absolute Gasteiger partial charge is 0.422 e. The largest absolute Gasteiger partial charge is 0.456 e. The van der Waals surface area contributed by atoms with Gasteiger partial charge in [0.2, 0.25) is 11.8 Å². The maximum absolute atomic E-state index is 14.2. The Labute approximate surface area is 298 Å². The minimum Gasteiger partial charge on any atom is -0.456 e. The average Bonchev–Trinajstić information content (AvgIpc) is 4.08. The van der Waals surface area contributed by atoms with E-state index in [4.69, 9.17) is 14.2 Å². The molecule has 2 N–H and O–H groups in total. The van der Waals surface area contributed by atoms with Gasteiger partial charge >= 0.3 is 18.1 Å². The molecule has 0 radical (unpaired) electrons. The Kier molecular flexibility index (Phi) is 11.2. The predicted molar refractivity (Wildman–Crippen MR) is 179 cm³/mol. The van der Waals surface area contributed by atoms with Gasteiger partial charge in [-0.2, -0.15) is 13.2 Å². The summed E-state index contributed by atoms with van der Waals surface area (Å²) in [5.41, 5.74) is 1.55. The second-order valence-electron chi connectivity index (χ2n) is 13.6. The number of carbonyl (C=O) groups is 4. The molecule has 2 amide bonds. The van der Waals surface area contributed by atoms with Crippen LogP contribution in [0.1, 0.15) is 53.6 Å². The van der Waals surface area contributed by atoms with E-state index in [-0.39, 0.29) is 49.0 Å². The molecular formula is C38H41F3N2O9. The molecule has 2 aromatic rings. The Morgan fingerprint density at radius 1 is 1.04 bits per heavy atom. The average molecular weight is 727 g/mol. The number of carbonyl (C=O) groups excluding carboxylic acids is 4. The number of likely N-dealkylation sites (N-methyl/N-ethyl adjacent to an activating group) is 1. The van der Waals surface area contributed by atoms with Gasteiger partial charge in [0, 0.05) is 49.9 Å². The topological polar surface area (TPSA) is 141 Å². The number of nitrogens with one attached hydrogen (secondary N) is 1. The molecule has 52 heavy (non-hydrogen) atoms. The van der Waals surface area contributed by atoms with Gasteiger partial charge in [0.25, 0.3) is 0 Å². The zero-order valence-electron chi connectivity index (χ0n) is 28.6. The molecule has 1 heterocycles. The normalized spacial score (nSPS) is 22.9. The van der Waals surface area contributed by atoms with Crippen molar-refractivity contribution >= 4 is 29.8 Å². The first-order chi connectivity index (χ1) is 24.9. The summed E-state index contributed by atoms with van der Waals surface area (Å²) in [7, 11) is 1.53. The Balaban J connectivity index is 1.22. The van der Waals surface area contributed by atoms with Crippen LogP contribution in [0, 0.1) is 11.8 Å². The summed E-state index contributed by atoms with van der Waals surface area (Å²) < 4.78 is 60.8. The highest BCUT2D eigenvalue weighted by molar-refractivity contribution is 5.97. The van der Waals surface area contributed by atoms with Gasteiger partial charge < -0.3 is 34.3 Å². The van der Waals surface area contributed by atoms with Gasteiger partial charge in [0.15, 0.2) is 12.4 Å². The van der Waals surface area contributed by atoms with Gasteiger partial charge in [-0.05, 0) is 61.1 Å². The van der Waals surface area contributed by atoms with E-state index in [1.54, 1.807) is 12.1 Å². The molecule has 4 aliphatic rings. The maximum atomic E-state index is 14.2. The Morgan fingerprint density at radius 2 is 1.75 bits per heavy atom. The third-order valence-corrected chi connectivity index (χ3v) is 9.63. The fourth-order valence-electron chi connectivity index (χ4n) is 6.81. The Morgan fingerprint density at radius 3 is 2.40 bits per heavy atom. The molecule has 1 saturated heterocycles. The molecule has 2 saturated carbocycles. The lowest BCUT2D eigenvalue weighted by Gasteiger charge is -2.33. The van der Waals surface area contributed by atoms with E-state index in [1.165, 1.54) is 36.2 Å². The van der Waals surface area contributed by atoms with E-state index in [9.17, 15) is 37.5 Å². The van der Waals surface area contributed by atoms with Crippen LogP contribution in [-0.4, -0.2) is 96.9 Å². The molecular weight excluding hydrogens is 685 g/mol. The van der Waals surface area contributed by atoms with Gasteiger partial charge in [-0.3, -0.25) is 9.59 Å². The molecule has 3 fully saturated rings. The number of hydrogen-bond donors (Lipinski definition) is 2.